The number of aromatic nitrogens is 1. The molecule has 1 aliphatic heterocycles. The minimum atomic E-state index is -0.507. The average Bonchev–Trinajstić information content (AvgIpc) is 2.51. The van der Waals surface area contributed by atoms with Crippen molar-refractivity contribution in [3.63, 3.8) is 0 Å². The van der Waals surface area contributed by atoms with E-state index >= 15 is 0 Å². The standard InChI is InChI=1S/C10H15BFNO2S/c1-6-7(16-8(12)13-6)11-14-9(2,3)10(4,5)15-11/h1-5H3. The van der Waals surface area contributed by atoms with Crippen LogP contribution in [0.5, 0.6) is 0 Å². The number of nitrogens with zero attached hydrogens (tertiary/aromatic N) is 1. The van der Waals surface area contributed by atoms with Gasteiger partial charge >= 0.3 is 7.12 Å². The van der Waals surface area contributed by atoms with Crippen LogP contribution in [0.1, 0.15) is 33.4 Å². The average molecular weight is 243 g/mol. The van der Waals surface area contributed by atoms with E-state index in [2.05, 4.69) is 4.98 Å². The molecule has 1 aromatic heterocycles. The number of hydrogen-bond acceptors (Lipinski definition) is 4. The Bertz CT molecular complexity index is 403. The highest BCUT2D eigenvalue weighted by Gasteiger charge is 2.52. The fraction of sp³-hybridized carbons (Fsp3) is 0.700. The number of halogens is 1. The molecule has 0 N–H and O–H groups in total. The summed E-state index contributed by atoms with van der Waals surface area (Å²) in [5.74, 6) is 0. The van der Waals surface area contributed by atoms with Crippen LogP contribution in [0.25, 0.3) is 0 Å². The van der Waals surface area contributed by atoms with Crippen molar-refractivity contribution in [2.45, 2.75) is 45.8 Å². The Kier molecular flexibility index (Phi) is 2.64. The summed E-state index contributed by atoms with van der Waals surface area (Å²) in [5, 5.41) is -0.442. The Morgan fingerprint density at radius 2 is 1.69 bits per heavy atom. The Balaban J connectivity index is 2.30. The van der Waals surface area contributed by atoms with Crippen molar-refractivity contribution in [3.05, 3.63) is 11.0 Å². The molecule has 1 aliphatic rings. The van der Waals surface area contributed by atoms with Crippen molar-refractivity contribution in [2.24, 2.45) is 0 Å². The topological polar surface area (TPSA) is 31.4 Å². The minimum absolute atomic E-state index is 0.398. The summed E-state index contributed by atoms with van der Waals surface area (Å²) in [7, 11) is -0.507. The van der Waals surface area contributed by atoms with Gasteiger partial charge in [-0.15, -0.1) is 0 Å². The number of rotatable bonds is 1. The van der Waals surface area contributed by atoms with Gasteiger partial charge in [-0.05, 0) is 34.6 Å². The van der Waals surface area contributed by atoms with Crippen LogP contribution in [0.2, 0.25) is 0 Å². The van der Waals surface area contributed by atoms with Crippen LogP contribution in [0.3, 0.4) is 0 Å². The molecule has 16 heavy (non-hydrogen) atoms. The van der Waals surface area contributed by atoms with E-state index in [0.29, 0.717) is 5.69 Å². The van der Waals surface area contributed by atoms with Crippen molar-refractivity contribution in [3.8, 4) is 0 Å². The van der Waals surface area contributed by atoms with Gasteiger partial charge in [0.15, 0.2) is 0 Å². The zero-order chi connectivity index (χ0) is 12.1. The van der Waals surface area contributed by atoms with Crippen LogP contribution in [0, 0.1) is 12.2 Å². The molecule has 0 spiro atoms. The molecule has 1 fully saturated rings. The molecular weight excluding hydrogens is 228 g/mol. The van der Waals surface area contributed by atoms with Crippen LogP contribution < -0.4 is 4.78 Å². The van der Waals surface area contributed by atoms with Gasteiger partial charge in [0.2, 0.25) is 0 Å². The van der Waals surface area contributed by atoms with E-state index < -0.39 is 23.6 Å². The molecule has 0 aliphatic carbocycles. The van der Waals surface area contributed by atoms with Crippen molar-refractivity contribution < 1.29 is 13.7 Å². The maximum absolute atomic E-state index is 13.0. The second-order valence-electron chi connectivity index (χ2n) is 5.00. The monoisotopic (exact) mass is 243 g/mol. The molecule has 1 saturated heterocycles. The first kappa shape index (κ1) is 12.0. The lowest BCUT2D eigenvalue weighted by atomic mass is 9.86. The Morgan fingerprint density at radius 1 is 1.19 bits per heavy atom. The molecular formula is C10H15BFNO2S. The van der Waals surface area contributed by atoms with E-state index in [0.717, 1.165) is 16.1 Å². The molecule has 0 amide bonds. The van der Waals surface area contributed by atoms with Crippen LogP contribution in [0.4, 0.5) is 4.39 Å². The van der Waals surface area contributed by atoms with Gasteiger partial charge in [-0.2, -0.15) is 4.39 Å². The lowest BCUT2D eigenvalue weighted by Crippen LogP contribution is -2.41. The summed E-state index contributed by atoms with van der Waals surface area (Å²) < 4.78 is 25.4. The summed E-state index contributed by atoms with van der Waals surface area (Å²) >= 11 is 0.985. The SMILES string of the molecule is Cc1nc(F)sc1B1OC(C)(C)C(C)(C)O1. The fourth-order valence-corrected chi connectivity index (χ4v) is 2.29. The fourth-order valence-electron chi connectivity index (χ4n) is 1.54. The predicted octanol–water partition coefficient (Wildman–Crippen LogP) is 1.89. The molecule has 0 bridgehead atoms. The van der Waals surface area contributed by atoms with Gasteiger partial charge < -0.3 is 9.31 Å². The molecule has 3 nitrogen and oxygen atoms in total. The molecule has 6 heteroatoms. The molecule has 2 rings (SSSR count). The van der Waals surface area contributed by atoms with Crippen molar-refractivity contribution >= 4 is 23.2 Å². The van der Waals surface area contributed by atoms with E-state index in [4.69, 9.17) is 9.31 Å². The van der Waals surface area contributed by atoms with Gasteiger partial charge in [-0.3, -0.25) is 0 Å². The van der Waals surface area contributed by atoms with Gasteiger partial charge in [0.25, 0.3) is 5.26 Å². The van der Waals surface area contributed by atoms with Crippen molar-refractivity contribution in [1.82, 2.24) is 4.98 Å². The second-order valence-corrected chi connectivity index (χ2v) is 5.99. The van der Waals surface area contributed by atoms with E-state index in [1.165, 1.54) is 0 Å². The van der Waals surface area contributed by atoms with Crippen molar-refractivity contribution in [1.29, 1.82) is 0 Å². The van der Waals surface area contributed by atoms with Crippen LogP contribution in [-0.4, -0.2) is 23.3 Å². The lowest BCUT2D eigenvalue weighted by Gasteiger charge is -2.32. The zero-order valence-electron chi connectivity index (χ0n) is 10.1. The van der Waals surface area contributed by atoms with E-state index in [1.807, 2.05) is 27.7 Å². The third kappa shape index (κ3) is 1.79. The molecule has 88 valence electrons. The highest BCUT2D eigenvalue weighted by molar-refractivity contribution is 7.21. The highest BCUT2D eigenvalue weighted by Crippen LogP contribution is 2.37. The lowest BCUT2D eigenvalue weighted by molar-refractivity contribution is 0.00578. The quantitative estimate of drug-likeness (QED) is 0.706. The molecule has 1 aromatic rings. The van der Waals surface area contributed by atoms with Gasteiger partial charge in [0.1, 0.15) is 0 Å². The summed E-state index contributed by atoms with van der Waals surface area (Å²) in [5.41, 5.74) is -0.157. The first-order valence-electron chi connectivity index (χ1n) is 5.21. The first-order chi connectivity index (χ1) is 7.23. The first-order valence-corrected chi connectivity index (χ1v) is 6.03. The van der Waals surface area contributed by atoms with Crippen LogP contribution in [0.15, 0.2) is 0 Å². The van der Waals surface area contributed by atoms with E-state index in [9.17, 15) is 4.39 Å². The molecule has 0 radical (unpaired) electrons. The number of hydrogen-bond donors (Lipinski definition) is 0. The van der Waals surface area contributed by atoms with Crippen LogP contribution >= 0.6 is 11.3 Å². The predicted molar refractivity (Wildman–Crippen MR) is 62.5 cm³/mol. The van der Waals surface area contributed by atoms with Gasteiger partial charge in [-0.25, -0.2) is 4.98 Å². The van der Waals surface area contributed by atoms with Gasteiger partial charge in [-0.1, -0.05) is 11.3 Å². The van der Waals surface area contributed by atoms with E-state index in [1.54, 1.807) is 6.92 Å². The summed E-state index contributed by atoms with van der Waals surface area (Å²) in [6.07, 6.45) is 0. The van der Waals surface area contributed by atoms with E-state index in [-0.39, 0.29) is 0 Å². The summed E-state index contributed by atoms with van der Waals surface area (Å²) in [6.45, 7) is 9.65. The van der Waals surface area contributed by atoms with Crippen LogP contribution in [-0.2, 0) is 9.31 Å². The Hall–Kier alpha value is -0.455. The maximum Gasteiger partial charge on any atom is 0.507 e. The minimum Gasteiger partial charge on any atom is -0.399 e. The second kappa shape index (κ2) is 3.52. The zero-order valence-corrected chi connectivity index (χ0v) is 10.9. The smallest absolute Gasteiger partial charge is 0.399 e. The summed E-state index contributed by atoms with van der Waals surface area (Å²) in [6, 6.07) is 0. The molecule has 2 heterocycles. The largest absolute Gasteiger partial charge is 0.507 e. The van der Waals surface area contributed by atoms with Gasteiger partial charge in [0, 0.05) is 0 Å². The number of thiazole rings is 1. The molecule has 0 saturated carbocycles. The maximum atomic E-state index is 13.0. The molecule has 0 unspecified atom stereocenters. The Morgan fingerprint density at radius 3 is 2.06 bits per heavy atom. The number of aryl methyl sites for hydroxylation is 1. The van der Waals surface area contributed by atoms with Crippen molar-refractivity contribution in [2.75, 3.05) is 0 Å². The van der Waals surface area contributed by atoms with Gasteiger partial charge in [0.05, 0.1) is 21.7 Å². The molecule has 0 atom stereocenters. The molecule has 0 aromatic carbocycles. The third-order valence-electron chi connectivity index (χ3n) is 3.27. The Labute approximate surface area is 99.1 Å². The summed E-state index contributed by atoms with van der Waals surface area (Å²) in [4.78, 5) is 3.74. The highest BCUT2D eigenvalue weighted by atomic mass is 32.1. The normalized spacial score (nSPS) is 22.8. The third-order valence-corrected chi connectivity index (χ3v) is 4.24.